The Balaban J connectivity index is 1.31. The zero-order chi connectivity index (χ0) is 24.9. The minimum Gasteiger partial charge on any atom is -0.493 e. The average Bonchev–Trinajstić information content (AvgIpc) is 3.21. The van der Waals surface area contributed by atoms with E-state index >= 15 is 0 Å². The van der Waals surface area contributed by atoms with Crippen LogP contribution in [0.5, 0.6) is 5.75 Å². The Kier molecular flexibility index (Phi) is 5.26. The molecule has 0 atom stereocenters. The van der Waals surface area contributed by atoms with Crippen molar-refractivity contribution >= 4 is 33.4 Å². The molecule has 36 heavy (non-hydrogen) atoms. The highest BCUT2D eigenvalue weighted by molar-refractivity contribution is 7.95. The van der Waals surface area contributed by atoms with Crippen molar-refractivity contribution in [3.05, 3.63) is 77.2 Å². The van der Waals surface area contributed by atoms with Crippen LogP contribution in [0, 0.1) is 6.92 Å². The van der Waals surface area contributed by atoms with Crippen LogP contribution in [0.2, 0.25) is 0 Å². The Hall–Kier alpha value is -4.18. The maximum atomic E-state index is 11.8. The Labute approximate surface area is 209 Å². The van der Waals surface area contributed by atoms with Gasteiger partial charge in [-0.3, -0.25) is 9.29 Å². The van der Waals surface area contributed by atoms with E-state index in [0.29, 0.717) is 36.6 Å². The first-order valence-electron chi connectivity index (χ1n) is 11.7. The van der Waals surface area contributed by atoms with Crippen LogP contribution in [0.1, 0.15) is 23.7 Å². The lowest BCUT2D eigenvalue weighted by molar-refractivity contribution is 0.321. The predicted octanol–water partition coefficient (Wildman–Crippen LogP) is 4.46. The third kappa shape index (κ3) is 3.79. The molecule has 4 aromatic rings. The molecule has 0 saturated heterocycles. The molecule has 182 valence electrons. The van der Waals surface area contributed by atoms with Crippen molar-refractivity contribution in [2.45, 2.75) is 20.3 Å². The maximum absolute atomic E-state index is 11.8. The third-order valence-corrected chi connectivity index (χ3v) is 7.22. The number of imidazole rings is 1. The van der Waals surface area contributed by atoms with Gasteiger partial charge in [-0.1, -0.05) is 6.07 Å². The van der Waals surface area contributed by atoms with Gasteiger partial charge in [0.2, 0.25) is 0 Å². The number of ether oxygens (including phenoxy) is 1. The fourth-order valence-electron chi connectivity index (χ4n) is 4.63. The minimum atomic E-state index is -3.45. The third-order valence-electron chi connectivity index (χ3n) is 6.22. The lowest BCUT2D eigenvalue weighted by Gasteiger charge is -2.22. The van der Waals surface area contributed by atoms with Crippen molar-refractivity contribution in [2.24, 2.45) is 0 Å². The highest BCUT2D eigenvalue weighted by Crippen LogP contribution is 2.40. The van der Waals surface area contributed by atoms with Gasteiger partial charge in [-0.05, 0) is 55.8 Å². The number of aromatic nitrogens is 4. The van der Waals surface area contributed by atoms with Crippen LogP contribution in [0.25, 0.3) is 23.2 Å². The number of sulfonamides is 1. The number of anilines is 3. The second kappa shape index (κ2) is 8.49. The second-order valence-electron chi connectivity index (χ2n) is 8.65. The predicted molar refractivity (Wildman–Crippen MR) is 139 cm³/mol. The SMILES string of the molecule is CCN1c2ncc(CCOc3cccc4c3C=CS(=O)(=O)N4)cc2-c2nc(C)cn2-c2cccnc21. The molecule has 6 rings (SSSR count). The van der Waals surface area contributed by atoms with Crippen LogP contribution < -0.4 is 14.4 Å². The first-order chi connectivity index (χ1) is 17.4. The summed E-state index contributed by atoms with van der Waals surface area (Å²) in [5.74, 6) is 3.12. The first kappa shape index (κ1) is 22.3. The summed E-state index contributed by atoms with van der Waals surface area (Å²) in [6.45, 7) is 5.19. The molecule has 0 amide bonds. The van der Waals surface area contributed by atoms with Crippen molar-refractivity contribution in [1.82, 2.24) is 19.5 Å². The summed E-state index contributed by atoms with van der Waals surface area (Å²) in [6.07, 6.45) is 7.87. The van der Waals surface area contributed by atoms with Crippen LogP contribution in [-0.4, -0.2) is 41.1 Å². The number of benzene rings is 1. The number of fused-ring (bicyclic) bond motifs is 6. The first-order valence-corrected chi connectivity index (χ1v) is 13.2. The Morgan fingerprint density at radius 2 is 2.00 bits per heavy atom. The van der Waals surface area contributed by atoms with Gasteiger partial charge >= 0.3 is 0 Å². The Morgan fingerprint density at radius 1 is 1.11 bits per heavy atom. The average molecular weight is 501 g/mol. The molecule has 0 unspecified atom stereocenters. The Morgan fingerprint density at radius 3 is 2.86 bits per heavy atom. The highest BCUT2D eigenvalue weighted by atomic mass is 32.2. The number of pyridine rings is 2. The Bertz CT molecular complexity index is 1630. The molecule has 0 saturated carbocycles. The van der Waals surface area contributed by atoms with Crippen LogP contribution >= 0.6 is 0 Å². The van der Waals surface area contributed by atoms with Gasteiger partial charge in [0.25, 0.3) is 10.0 Å². The number of aryl methyl sites for hydroxylation is 1. The molecule has 0 aliphatic carbocycles. The number of nitrogens with one attached hydrogen (secondary N) is 1. The van der Waals surface area contributed by atoms with Crippen LogP contribution in [-0.2, 0) is 16.4 Å². The molecule has 10 heteroatoms. The van der Waals surface area contributed by atoms with Gasteiger partial charge in [-0.15, -0.1) is 0 Å². The largest absolute Gasteiger partial charge is 0.493 e. The van der Waals surface area contributed by atoms with E-state index in [1.807, 2.05) is 37.5 Å². The number of rotatable bonds is 5. The second-order valence-corrected chi connectivity index (χ2v) is 10.2. The molecule has 2 aliphatic rings. The summed E-state index contributed by atoms with van der Waals surface area (Å²) < 4.78 is 34.3. The van der Waals surface area contributed by atoms with Crippen molar-refractivity contribution in [1.29, 1.82) is 0 Å². The molecular weight excluding hydrogens is 476 g/mol. The molecular formula is C26H24N6O3S. The van der Waals surface area contributed by atoms with E-state index in [9.17, 15) is 8.42 Å². The normalized spacial score (nSPS) is 14.7. The molecule has 3 aromatic heterocycles. The molecule has 0 bridgehead atoms. The topological polar surface area (TPSA) is 102 Å². The quantitative estimate of drug-likeness (QED) is 0.432. The molecule has 1 aromatic carbocycles. The zero-order valence-electron chi connectivity index (χ0n) is 19.8. The van der Waals surface area contributed by atoms with E-state index in [-0.39, 0.29) is 0 Å². The van der Waals surface area contributed by atoms with E-state index in [2.05, 4.69) is 32.2 Å². The lowest BCUT2D eigenvalue weighted by Crippen LogP contribution is -2.20. The molecule has 0 fully saturated rings. The van der Waals surface area contributed by atoms with Crippen LogP contribution in [0.4, 0.5) is 17.3 Å². The van der Waals surface area contributed by atoms with E-state index < -0.39 is 10.0 Å². The molecule has 0 radical (unpaired) electrons. The summed E-state index contributed by atoms with van der Waals surface area (Å²) in [6, 6.07) is 11.4. The summed E-state index contributed by atoms with van der Waals surface area (Å²) >= 11 is 0. The fourth-order valence-corrected chi connectivity index (χ4v) is 5.50. The van der Waals surface area contributed by atoms with E-state index in [1.165, 1.54) is 0 Å². The van der Waals surface area contributed by atoms with Crippen molar-refractivity contribution in [2.75, 3.05) is 22.8 Å². The van der Waals surface area contributed by atoms with Gasteiger partial charge in [0.05, 0.1) is 34.6 Å². The molecule has 9 nitrogen and oxygen atoms in total. The summed E-state index contributed by atoms with van der Waals surface area (Å²) in [7, 11) is -3.45. The number of nitrogens with zero attached hydrogens (tertiary/aromatic N) is 5. The molecule has 5 heterocycles. The zero-order valence-corrected chi connectivity index (χ0v) is 20.7. The van der Waals surface area contributed by atoms with Gasteiger partial charge in [-0.25, -0.2) is 23.4 Å². The van der Waals surface area contributed by atoms with Crippen molar-refractivity contribution in [3.63, 3.8) is 0 Å². The van der Waals surface area contributed by atoms with Crippen molar-refractivity contribution < 1.29 is 13.2 Å². The van der Waals surface area contributed by atoms with Gasteiger partial charge in [0.15, 0.2) is 5.82 Å². The standard InChI is InChI=1S/C26H24N6O3S/c1-3-31-24-20(25-29-17(2)16-32(25)22-7-5-11-27-26(22)31)14-18(15-28-24)9-12-35-23-8-4-6-21-19(23)10-13-36(33,34)30-21/h4-8,10-11,13-16,30H,3,9,12H2,1-2H3. The monoisotopic (exact) mass is 500 g/mol. The summed E-state index contributed by atoms with van der Waals surface area (Å²) in [5, 5.41) is 1.15. The van der Waals surface area contributed by atoms with Gasteiger partial charge < -0.3 is 9.64 Å². The van der Waals surface area contributed by atoms with Gasteiger partial charge in [-0.2, -0.15) is 0 Å². The van der Waals surface area contributed by atoms with Gasteiger partial charge in [0.1, 0.15) is 17.4 Å². The number of hydrogen-bond donors (Lipinski definition) is 1. The van der Waals surface area contributed by atoms with E-state index in [4.69, 9.17) is 14.7 Å². The van der Waals surface area contributed by atoms with Crippen LogP contribution in [0.3, 0.4) is 0 Å². The maximum Gasteiger partial charge on any atom is 0.255 e. The smallest absolute Gasteiger partial charge is 0.255 e. The summed E-state index contributed by atoms with van der Waals surface area (Å²) in [5.41, 5.74) is 5.06. The van der Waals surface area contributed by atoms with Gasteiger partial charge in [0, 0.05) is 37.1 Å². The van der Waals surface area contributed by atoms with E-state index in [0.717, 1.165) is 45.4 Å². The molecule has 1 N–H and O–H groups in total. The minimum absolute atomic E-state index is 0.407. The van der Waals surface area contributed by atoms with E-state index in [1.54, 1.807) is 24.4 Å². The van der Waals surface area contributed by atoms with Crippen LogP contribution in [0.15, 0.2) is 60.4 Å². The lowest BCUT2D eigenvalue weighted by atomic mass is 10.1. The fraction of sp³-hybridized carbons (Fsp3) is 0.192. The molecule has 2 aliphatic heterocycles. The summed E-state index contributed by atoms with van der Waals surface area (Å²) in [4.78, 5) is 16.4. The molecule has 0 spiro atoms. The highest BCUT2D eigenvalue weighted by Gasteiger charge is 2.27. The van der Waals surface area contributed by atoms with Crippen molar-refractivity contribution in [3.8, 4) is 22.8 Å². The number of hydrogen-bond acceptors (Lipinski definition) is 7.